The van der Waals surface area contributed by atoms with Crippen LogP contribution in [-0.2, 0) is 4.79 Å². The highest BCUT2D eigenvalue weighted by molar-refractivity contribution is 6.02. The number of carbonyl (C=O) groups excluding carboxylic acids is 1. The summed E-state index contributed by atoms with van der Waals surface area (Å²) in [4.78, 5) is 20.8. The van der Waals surface area contributed by atoms with Crippen molar-refractivity contribution in [3.8, 4) is 6.07 Å². The minimum atomic E-state index is -0.619. The van der Waals surface area contributed by atoms with Crippen molar-refractivity contribution in [3.05, 3.63) is 0 Å². The number of aliphatic imine (C=N–C) groups is 1. The molecule has 2 heterocycles. The molecule has 0 unspecified atom stereocenters. The Kier molecular flexibility index (Phi) is 3.38. The molecule has 1 aliphatic carbocycles. The van der Waals surface area contributed by atoms with Crippen molar-refractivity contribution in [2.75, 3.05) is 33.2 Å². The fraction of sp³-hybridized carbons (Fsp3) is 0.786. The van der Waals surface area contributed by atoms with E-state index in [-0.39, 0.29) is 5.91 Å². The lowest BCUT2D eigenvalue weighted by Gasteiger charge is -2.39. The van der Waals surface area contributed by atoms with E-state index in [1.807, 2.05) is 0 Å². The van der Waals surface area contributed by atoms with Gasteiger partial charge < -0.3 is 9.80 Å². The van der Waals surface area contributed by atoms with Crippen LogP contribution >= 0.6 is 0 Å². The van der Waals surface area contributed by atoms with Gasteiger partial charge in [-0.15, -0.1) is 0 Å². The number of guanidine groups is 1. The van der Waals surface area contributed by atoms with E-state index in [1.165, 1.54) is 4.90 Å². The first-order valence-electron chi connectivity index (χ1n) is 7.51. The Morgan fingerprint density at radius 3 is 2.65 bits per heavy atom. The summed E-state index contributed by atoms with van der Waals surface area (Å²) in [6, 6.07) is 2.18. The molecule has 0 bridgehead atoms. The largest absolute Gasteiger partial charge is 0.334 e. The topological polar surface area (TPSA) is 72.9 Å². The molecule has 0 aromatic heterocycles. The molecule has 0 radical (unpaired) electrons. The second-order valence-electron chi connectivity index (χ2n) is 6.24. The lowest BCUT2D eigenvalue weighted by atomic mass is 9.82. The van der Waals surface area contributed by atoms with Crippen molar-refractivity contribution in [1.82, 2.24) is 10.2 Å². The molecule has 0 aromatic rings. The molecule has 2 fully saturated rings. The van der Waals surface area contributed by atoms with Crippen LogP contribution in [0, 0.1) is 17.2 Å². The van der Waals surface area contributed by atoms with E-state index in [9.17, 15) is 10.1 Å². The number of nitrogens with zero attached hydrogens (tertiary/aromatic N) is 3. The van der Waals surface area contributed by atoms with E-state index in [0.29, 0.717) is 5.96 Å². The van der Waals surface area contributed by atoms with Gasteiger partial charge in [-0.2, -0.15) is 5.26 Å². The van der Waals surface area contributed by atoms with E-state index >= 15 is 0 Å². The number of piperazine rings is 1. The molecule has 6 heteroatoms. The van der Waals surface area contributed by atoms with Crippen LogP contribution in [0.1, 0.15) is 25.7 Å². The van der Waals surface area contributed by atoms with Gasteiger partial charge in [-0.25, -0.2) is 4.99 Å². The second-order valence-corrected chi connectivity index (χ2v) is 6.24. The van der Waals surface area contributed by atoms with Gasteiger partial charge in [-0.05, 0) is 12.8 Å². The zero-order valence-electron chi connectivity index (χ0n) is 12.0. The van der Waals surface area contributed by atoms with Crippen molar-refractivity contribution in [2.24, 2.45) is 10.9 Å². The summed E-state index contributed by atoms with van der Waals surface area (Å²) in [7, 11) is 2.18. The maximum absolute atomic E-state index is 12.3. The normalized spacial score (nSPS) is 30.0. The minimum absolute atomic E-state index is 0.161. The molecule has 20 heavy (non-hydrogen) atoms. The van der Waals surface area contributed by atoms with E-state index in [2.05, 4.69) is 23.3 Å². The van der Waals surface area contributed by atoms with Crippen LogP contribution in [-0.4, -0.2) is 55.5 Å². The highest BCUT2D eigenvalue weighted by Gasteiger charge is 2.49. The molecular formula is C14H22N5O+. The second kappa shape index (κ2) is 5.06. The van der Waals surface area contributed by atoms with Crippen molar-refractivity contribution in [2.45, 2.75) is 31.2 Å². The van der Waals surface area contributed by atoms with Crippen LogP contribution in [0.2, 0.25) is 0 Å². The van der Waals surface area contributed by atoms with Crippen LogP contribution in [0.3, 0.4) is 0 Å². The molecule has 2 aliphatic heterocycles. The molecule has 1 saturated heterocycles. The predicted molar refractivity (Wildman–Crippen MR) is 74.1 cm³/mol. The Bertz CT molecular complexity index is 466. The Balaban J connectivity index is 1.86. The zero-order valence-corrected chi connectivity index (χ0v) is 12.0. The van der Waals surface area contributed by atoms with E-state index in [1.54, 1.807) is 0 Å². The lowest BCUT2D eigenvalue weighted by Crippen LogP contribution is -3.12. The average molecular weight is 276 g/mol. The molecule has 108 valence electrons. The Morgan fingerprint density at radius 1 is 1.40 bits per heavy atom. The summed E-state index contributed by atoms with van der Waals surface area (Å²) >= 11 is 0. The maximum atomic E-state index is 12.3. The zero-order chi connectivity index (χ0) is 14.2. The van der Waals surface area contributed by atoms with Gasteiger partial charge in [0.1, 0.15) is 0 Å². The van der Waals surface area contributed by atoms with Crippen molar-refractivity contribution < 1.29 is 9.69 Å². The number of hydrogen-bond donors (Lipinski definition) is 2. The lowest BCUT2D eigenvalue weighted by molar-refractivity contribution is -0.883. The smallest absolute Gasteiger partial charge is 0.246 e. The van der Waals surface area contributed by atoms with Crippen LogP contribution in [0.25, 0.3) is 0 Å². The van der Waals surface area contributed by atoms with Crippen LogP contribution in [0.5, 0.6) is 0 Å². The van der Waals surface area contributed by atoms with Gasteiger partial charge in [-0.1, -0.05) is 12.8 Å². The fourth-order valence-corrected chi connectivity index (χ4v) is 3.55. The number of carbonyl (C=O) groups is 1. The number of quaternary nitrogens is 1. The van der Waals surface area contributed by atoms with E-state index < -0.39 is 11.5 Å². The summed E-state index contributed by atoms with van der Waals surface area (Å²) in [5.74, 6) is -0.0755. The highest BCUT2D eigenvalue weighted by atomic mass is 16.2. The molecule has 6 nitrogen and oxygen atoms in total. The molecule has 3 aliphatic rings. The van der Waals surface area contributed by atoms with Gasteiger partial charge in [-0.3, -0.25) is 10.1 Å². The number of hydrogen-bond acceptors (Lipinski definition) is 4. The fourth-order valence-electron chi connectivity index (χ4n) is 3.55. The average Bonchev–Trinajstić information content (AvgIpc) is 2.88. The molecule has 1 saturated carbocycles. The quantitative estimate of drug-likeness (QED) is 0.581. The van der Waals surface area contributed by atoms with Gasteiger partial charge >= 0.3 is 0 Å². The maximum Gasteiger partial charge on any atom is 0.246 e. The molecule has 0 aromatic carbocycles. The Hall–Kier alpha value is -1.61. The third kappa shape index (κ3) is 2.16. The van der Waals surface area contributed by atoms with Gasteiger partial charge in [0, 0.05) is 0 Å². The SMILES string of the molecule is C[NH+]1CCN(C2=NC3(CCCC3)[C@H](C#N)C(=O)N2)CC1. The standard InChI is InChI=1S/C14H21N5O/c1-18-6-8-19(9-7-18)13-16-12(20)11(10-15)14(17-13)4-2-3-5-14/h11H,2-9H2,1H3,(H,16,17,20)/p+1/t11-/m1/s1. The first-order chi connectivity index (χ1) is 9.64. The van der Waals surface area contributed by atoms with Gasteiger partial charge in [0.2, 0.25) is 11.9 Å². The van der Waals surface area contributed by atoms with Crippen LogP contribution < -0.4 is 10.2 Å². The third-order valence-corrected chi connectivity index (χ3v) is 4.88. The monoisotopic (exact) mass is 276 g/mol. The molecule has 1 amide bonds. The van der Waals surface area contributed by atoms with Crippen molar-refractivity contribution in [3.63, 3.8) is 0 Å². The number of amides is 1. The molecule has 2 N–H and O–H groups in total. The first kappa shape index (κ1) is 13.4. The highest BCUT2D eigenvalue weighted by Crippen LogP contribution is 2.41. The minimum Gasteiger partial charge on any atom is -0.334 e. The molecule has 1 spiro atoms. The van der Waals surface area contributed by atoms with Crippen molar-refractivity contribution in [1.29, 1.82) is 5.26 Å². The van der Waals surface area contributed by atoms with E-state index in [0.717, 1.165) is 51.9 Å². The Morgan fingerprint density at radius 2 is 2.05 bits per heavy atom. The number of nitrogens with one attached hydrogen (secondary N) is 2. The number of rotatable bonds is 0. The van der Waals surface area contributed by atoms with E-state index in [4.69, 9.17) is 4.99 Å². The third-order valence-electron chi connectivity index (χ3n) is 4.88. The summed E-state index contributed by atoms with van der Waals surface area (Å²) in [6.45, 7) is 3.95. The van der Waals surface area contributed by atoms with Gasteiger partial charge in [0.15, 0.2) is 5.92 Å². The van der Waals surface area contributed by atoms with Gasteiger partial charge in [0.25, 0.3) is 0 Å². The summed E-state index contributed by atoms with van der Waals surface area (Å²) in [6.07, 6.45) is 3.85. The summed E-state index contributed by atoms with van der Waals surface area (Å²) < 4.78 is 0. The van der Waals surface area contributed by atoms with Crippen molar-refractivity contribution >= 4 is 11.9 Å². The summed E-state index contributed by atoms with van der Waals surface area (Å²) in [5.41, 5.74) is -0.456. The number of likely N-dealkylation sites (N-methyl/N-ethyl adjacent to an activating group) is 1. The molecule has 1 atom stereocenters. The van der Waals surface area contributed by atoms with Crippen LogP contribution in [0.15, 0.2) is 4.99 Å². The number of nitriles is 1. The van der Waals surface area contributed by atoms with Crippen LogP contribution in [0.4, 0.5) is 0 Å². The van der Waals surface area contributed by atoms with Gasteiger partial charge in [0.05, 0.1) is 44.8 Å². The predicted octanol–water partition coefficient (Wildman–Crippen LogP) is -1.24. The first-order valence-corrected chi connectivity index (χ1v) is 7.51. The molecular weight excluding hydrogens is 254 g/mol. The molecule has 3 rings (SSSR count). The Labute approximate surface area is 119 Å². The summed E-state index contributed by atoms with van der Waals surface area (Å²) in [5, 5.41) is 12.2.